The Morgan fingerprint density at radius 3 is 2.25 bits per heavy atom. The van der Waals surface area contributed by atoms with Gasteiger partial charge in [-0.1, -0.05) is 108 Å². The zero-order valence-corrected chi connectivity index (χ0v) is 37.1. The second-order valence-corrected chi connectivity index (χ2v) is 18.3. The molecule has 15 nitrogen and oxygen atoms in total. The summed E-state index contributed by atoms with van der Waals surface area (Å²) in [5.41, 5.74) is 0.105. The zero-order chi connectivity index (χ0) is 44.9. The number of hydrogen-bond donors (Lipinski definition) is 2. The minimum Gasteiger partial charge on any atom is -0.462 e. The van der Waals surface area contributed by atoms with Gasteiger partial charge < -0.3 is 39.0 Å². The maximum absolute atomic E-state index is 15.6. The van der Waals surface area contributed by atoms with Crippen molar-refractivity contribution in [1.29, 1.82) is 0 Å². The number of carbonyl (C=O) groups excluding carboxylic acids is 5. The van der Waals surface area contributed by atoms with Crippen molar-refractivity contribution in [3.05, 3.63) is 77.4 Å². The van der Waals surface area contributed by atoms with Gasteiger partial charge in [0.25, 0.3) is 0 Å². The molecule has 5 aliphatic rings. The summed E-state index contributed by atoms with van der Waals surface area (Å²) >= 11 is 0. The lowest BCUT2D eigenvalue weighted by molar-refractivity contribution is -0.225. The lowest BCUT2D eigenvalue weighted by atomic mass is 9.62. The molecule has 0 aromatic heterocycles. The van der Waals surface area contributed by atoms with Crippen LogP contribution in [0.1, 0.15) is 102 Å². The number of nitrogens with zero attached hydrogens (tertiary/aromatic N) is 2. The summed E-state index contributed by atoms with van der Waals surface area (Å²) in [6.45, 7) is 7.87. The molecule has 4 heterocycles. The smallest absolute Gasteiger partial charge is 0.348 e. The minimum atomic E-state index is -1.52. The first-order chi connectivity index (χ1) is 30.3. The molecule has 7 rings (SSSR count). The van der Waals surface area contributed by atoms with Crippen LogP contribution in [0, 0.1) is 10.8 Å². The Kier molecular flexibility index (Phi) is 14.4. The number of esters is 3. The maximum atomic E-state index is 15.6. The van der Waals surface area contributed by atoms with Gasteiger partial charge in [-0.15, -0.1) is 0 Å². The van der Waals surface area contributed by atoms with Crippen LogP contribution in [0.2, 0.25) is 0 Å². The predicted octanol–water partition coefficient (Wildman–Crippen LogP) is 4.81. The Labute approximate surface area is 369 Å². The molecule has 4 saturated heterocycles. The molecule has 2 aromatic rings. The van der Waals surface area contributed by atoms with Crippen LogP contribution in [0.5, 0.6) is 0 Å². The second-order valence-electron chi connectivity index (χ2n) is 18.3. The number of aliphatic hydroxyl groups excluding tert-OH is 1. The molecule has 15 heteroatoms. The van der Waals surface area contributed by atoms with Gasteiger partial charge in [0.2, 0.25) is 17.9 Å². The van der Waals surface area contributed by atoms with Gasteiger partial charge in [0.15, 0.2) is 11.8 Å². The Morgan fingerprint density at radius 2 is 1.62 bits per heavy atom. The number of ether oxygens (including phenoxy) is 5. The van der Waals surface area contributed by atoms with Gasteiger partial charge >= 0.3 is 17.9 Å². The molecule has 63 heavy (non-hydrogen) atoms. The largest absolute Gasteiger partial charge is 0.462 e. The molecule has 1 saturated carbocycles. The third kappa shape index (κ3) is 9.58. The molecule has 342 valence electrons. The van der Waals surface area contributed by atoms with Gasteiger partial charge in [-0.2, -0.15) is 5.06 Å². The summed E-state index contributed by atoms with van der Waals surface area (Å²) in [5.74, 6) is -3.69. The number of cyclic esters (lactones) is 1. The standard InChI is InChI=1S/C48H63N3O12/c1-6-8-13-23-47(24-14-9-7-2)61-37-35-28-48(45(57)50(5)34(42(54)49-25-26-52)27-32-15-11-10-12-16-32)39(43(55)59-35)51(63-40(48)38(37)62-47)29-33-19-17-31(18-20-33)21-22-36(53)60-41-44(56)58-30-46(41,3)4/h10-12,15-22,34-35,37-41,52H,6-9,13-14,23-30H2,1-5H3,(H,49,54). The highest BCUT2D eigenvalue weighted by atomic mass is 16.8. The molecule has 2 amide bonds. The van der Waals surface area contributed by atoms with Gasteiger partial charge in [0.1, 0.15) is 42.5 Å². The van der Waals surface area contributed by atoms with Crippen LogP contribution in [0.3, 0.4) is 0 Å². The molecule has 5 fully saturated rings. The van der Waals surface area contributed by atoms with Crippen LogP contribution >= 0.6 is 0 Å². The third-order valence-corrected chi connectivity index (χ3v) is 13.2. The van der Waals surface area contributed by atoms with E-state index in [0.29, 0.717) is 18.4 Å². The van der Waals surface area contributed by atoms with E-state index in [1.807, 2.05) is 42.5 Å². The van der Waals surface area contributed by atoms with E-state index in [-0.39, 0.29) is 39.1 Å². The zero-order valence-electron chi connectivity index (χ0n) is 37.1. The molecule has 1 aliphatic carbocycles. The maximum Gasteiger partial charge on any atom is 0.348 e. The van der Waals surface area contributed by atoms with E-state index in [1.54, 1.807) is 39.1 Å². The average Bonchev–Trinajstić information content (AvgIpc) is 3.91. The number of benzene rings is 2. The second kappa shape index (κ2) is 19.6. The number of amides is 2. The van der Waals surface area contributed by atoms with Gasteiger partial charge in [-0.3, -0.25) is 19.2 Å². The van der Waals surface area contributed by atoms with Crippen molar-refractivity contribution in [2.24, 2.45) is 10.8 Å². The highest BCUT2D eigenvalue weighted by molar-refractivity contribution is 5.96. The average molecular weight is 874 g/mol. The molecule has 8 atom stereocenters. The van der Waals surface area contributed by atoms with E-state index < -0.39 is 88.9 Å². The number of nitrogens with one attached hydrogen (secondary N) is 1. The topological polar surface area (TPSA) is 179 Å². The summed E-state index contributed by atoms with van der Waals surface area (Å²) in [7, 11) is 1.59. The minimum absolute atomic E-state index is 0.00876. The van der Waals surface area contributed by atoms with Crippen molar-refractivity contribution < 1.29 is 57.6 Å². The number of fused-ring (bicyclic) bond motifs is 4. The number of hydroxylamine groups is 2. The summed E-state index contributed by atoms with van der Waals surface area (Å²) < 4.78 is 30.7. The lowest BCUT2D eigenvalue weighted by Crippen LogP contribution is -2.70. The molecule has 0 radical (unpaired) electrons. The normalized spacial score (nSPS) is 28.3. The van der Waals surface area contributed by atoms with Crippen molar-refractivity contribution in [3.8, 4) is 0 Å². The Bertz CT molecular complexity index is 1980. The van der Waals surface area contributed by atoms with Crippen molar-refractivity contribution in [2.75, 3.05) is 26.8 Å². The number of unbranched alkanes of at least 4 members (excludes halogenated alkanes) is 4. The van der Waals surface area contributed by atoms with Gasteiger partial charge in [-0.05, 0) is 35.6 Å². The molecule has 2 bridgehead atoms. The van der Waals surface area contributed by atoms with E-state index in [0.717, 1.165) is 49.7 Å². The predicted molar refractivity (Wildman–Crippen MR) is 229 cm³/mol. The molecule has 2 N–H and O–H groups in total. The first-order valence-electron chi connectivity index (χ1n) is 22.6. The van der Waals surface area contributed by atoms with E-state index in [1.165, 1.54) is 16.0 Å². The van der Waals surface area contributed by atoms with E-state index >= 15 is 4.79 Å². The number of carbonyl (C=O) groups is 5. The lowest BCUT2D eigenvalue weighted by Gasteiger charge is -2.50. The summed E-state index contributed by atoms with van der Waals surface area (Å²) in [5, 5.41) is 13.9. The van der Waals surface area contributed by atoms with Crippen molar-refractivity contribution in [1.82, 2.24) is 15.3 Å². The molecular weight excluding hydrogens is 811 g/mol. The number of aliphatic hydroxyl groups is 1. The fourth-order valence-electron chi connectivity index (χ4n) is 9.86. The fraction of sp³-hybridized carbons (Fsp3) is 0.604. The van der Waals surface area contributed by atoms with E-state index in [9.17, 15) is 24.3 Å². The molecule has 0 spiro atoms. The first-order valence-corrected chi connectivity index (χ1v) is 22.6. The molecule has 4 aliphatic heterocycles. The van der Waals surface area contributed by atoms with Crippen LogP contribution in [-0.4, -0.2) is 120 Å². The third-order valence-electron chi connectivity index (χ3n) is 13.2. The van der Waals surface area contributed by atoms with Crippen LogP contribution in [-0.2, 0) is 65.5 Å². The highest BCUT2D eigenvalue weighted by Crippen LogP contribution is 2.58. The van der Waals surface area contributed by atoms with Crippen molar-refractivity contribution in [2.45, 2.75) is 147 Å². The Hall–Kier alpha value is -4.67. The first kappa shape index (κ1) is 46.3. The molecule has 8 unspecified atom stereocenters. The van der Waals surface area contributed by atoms with Crippen molar-refractivity contribution in [3.63, 3.8) is 0 Å². The number of rotatable bonds is 20. The highest BCUT2D eigenvalue weighted by Gasteiger charge is 2.76. The van der Waals surface area contributed by atoms with Crippen LogP contribution in [0.4, 0.5) is 0 Å². The fourth-order valence-corrected chi connectivity index (χ4v) is 9.86. The van der Waals surface area contributed by atoms with Gasteiger partial charge in [0, 0.05) is 50.8 Å². The number of likely N-dealkylation sites (N-methyl/N-ethyl adjacent to an activating group) is 1. The number of hydrogen-bond acceptors (Lipinski definition) is 13. The van der Waals surface area contributed by atoms with Gasteiger partial charge in [-0.25, -0.2) is 9.59 Å². The quantitative estimate of drug-likeness (QED) is 0.0802. The Morgan fingerprint density at radius 1 is 0.937 bits per heavy atom. The van der Waals surface area contributed by atoms with Crippen molar-refractivity contribution >= 4 is 35.8 Å². The van der Waals surface area contributed by atoms with E-state index in [4.69, 9.17) is 28.5 Å². The molecule has 2 aromatic carbocycles. The summed E-state index contributed by atoms with van der Waals surface area (Å²) in [6.07, 6.45) is 6.01. The van der Waals surface area contributed by atoms with Crippen LogP contribution in [0.25, 0.3) is 6.08 Å². The van der Waals surface area contributed by atoms with Crippen LogP contribution < -0.4 is 5.32 Å². The summed E-state index contributed by atoms with van der Waals surface area (Å²) in [6, 6.07) is 14.5. The van der Waals surface area contributed by atoms with Crippen LogP contribution in [0.15, 0.2) is 60.7 Å². The Balaban J connectivity index is 1.19. The van der Waals surface area contributed by atoms with Gasteiger partial charge in [0.05, 0.1) is 13.2 Å². The SMILES string of the molecule is CCCCCC1(CCCCC)OC2C3CC4(C(=O)N(C)C(Cc5ccccc5)C(=O)NCCO)C(ON(Cc5ccc(C=CC(=O)OC6C(=O)OCC6(C)C)cc5)C4C(=O)O3)C2O1. The summed E-state index contributed by atoms with van der Waals surface area (Å²) in [4.78, 5) is 77.0. The van der Waals surface area contributed by atoms with E-state index in [2.05, 4.69) is 19.2 Å². The monoisotopic (exact) mass is 873 g/mol. The molecular formula is C48H63N3O12.